The summed E-state index contributed by atoms with van der Waals surface area (Å²) in [6, 6.07) is 6.66. The Morgan fingerprint density at radius 3 is 2.21 bits per heavy atom. The molecule has 2 rings (SSSR count). The van der Waals surface area contributed by atoms with E-state index in [9.17, 15) is 21.6 Å². The summed E-state index contributed by atoms with van der Waals surface area (Å²) in [6.07, 6.45) is -4.91. The molecule has 19 heavy (non-hydrogen) atoms. The first-order valence-electron chi connectivity index (χ1n) is 5.67. The van der Waals surface area contributed by atoms with E-state index in [1.165, 1.54) is 12.1 Å². The molecule has 0 saturated carbocycles. The predicted octanol–water partition coefficient (Wildman–Crippen LogP) is 1.42. The fourth-order valence-corrected chi connectivity index (χ4v) is 3.20. The van der Waals surface area contributed by atoms with Crippen molar-refractivity contribution in [2.45, 2.75) is 11.2 Å². The van der Waals surface area contributed by atoms with Gasteiger partial charge >= 0.3 is 6.30 Å². The topological polar surface area (TPSA) is 49.4 Å². The average molecular weight is 294 g/mol. The number of nitrogens with zero attached hydrogens (tertiary/aromatic N) is 1. The summed E-state index contributed by atoms with van der Waals surface area (Å²) >= 11 is 0. The van der Waals surface area contributed by atoms with Gasteiger partial charge < -0.3 is 5.32 Å². The number of sulfonamides is 1. The Bertz CT molecular complexity index is 527. The van der Waals surface area contributed by atoms with Gasteiger partial charge in [0.1, 0.15) is 0 Å². The van der Waals surface area contributed by atoms with Crippen molar-refractivity contribution in [3.8, 4) is 0 Å². The van der Waals surface area contributed by atoms with E-state index in [1.807, 2.05) is 0 Å². The summed E-state index contributed by atoms with van der Waals surface area (Å²) in [5, 5.41) is 2.82. The Hall–Kier alpha value is -1.12. The van der Waals surface area contributed by atoms with Crippen LogP contribution in [0.5, 0.6) is 0 Å². The van der Waals surface area contributed by atoms with Gasteiger partial charge in [0.25, 0.3) is 0 Å². The normalized spacial score (nSPS) is 17.5. The Labute approximate surface area is 109 Å². The van der Waals surface area contributed by atoms with Crippen LogP contribution in [0.2, 0.25) is 0 Å². The van der Waals surface area contributed by atoms with Crippen LogP contribution in [0.15, 0.2) is 35.2 Å². The number of alkyl halides is 3. The molecule has 1 N–H and O–H groups in total. The first-order chi connectivity index (χ1) is 8.82. The van der Waals surface area contributed by atoms with Crippen LogP contribution >= 0.6 is 0 Å². The maximum absolute atomic E-state index is 12.9. The zero-order valence-corrected chi connectivity index (χ0v) is 10.7. The first kappa shape index (κ1) is 14.3. The summed E-state index contributed by atoms with van der Waals surface area (Å²) in [5.74, 6) is -0.305. The lowest BCUT2D eigenvalue weighted by atomic mass is 10.0. The molecule has 0 spiro atoms. The number of hydrogen-bond donors (Lipinski definition) is 1. The van der Waals surface area contributed by atoms with E-state index in [1.54, 1.807) is 6.07 Å². The van der Waals surface area contributed by atoms with Gasteiger partial charge in [-0.3, -0.25) is 0 Å². The summed E-state index contributed by atoms with van der Waals surface area (Å²) in [5.41, 5.74) is 0. The first-order valence-corrected chi connectivity index (χ1v) is 7.11. The van der Waals surface area contributed by atoms with E-state index in [-0.39, 0.29) is 15.1 Å². The van der Waals surface area contributed by atoms with Crippen LogP contribution in [0.4, 0.5) is 13.2 Å². The van der Waals surface area contributed by atoms with Gasteiger partial charge in [-0.15, -0.1) is 4.31 Å². The molecular weight excluding hydrogens is 281 g/mol. The zero-order chi connectivity index (χ0) is 14.1. The van der Waals surface area contributed by atoms with E-state index < -0.39 is 22.9 Å². The number of nitrogens with one attached hydrogen (secondary N) is 1. The molecule has 0 unspecified atom stereocenters. The van der Waals surface area contributed by atoms with Gasteiger partial charge in [-0.25, -0.2) is 8.42 Å². The second-order valence-electron chi connectivity index (χ2n) is 4.34. The van der Waals surface area contributed by atoms with Crippen LogP contribution in [0, 0.1) is 5.92 Å². The summed E-state index contributed by atoms with van der Waals surface area (Å²) in [6.45, 7) is 0.251. The summed E-state index contributed by atoms with van der Waals surface area (Å²) < 4.78 is 62.6. The molecule has 1 fully saturated rings. The standard InChI is InChI=1S/C11H13F3N2O2S/c12-11(13,14)16(8-9-6-15-7-9)19(17,18)10-4-2-1-3-5-10/h1-5,9,15H,6-8H2. The van der Waals surface area contributed by atoms with Gasteiger partial charge in [-0.2, -0.15) is 13.2 Å². The number of hydrogen-bond acceptors (Lipinski definition) is 3. The van der Waals surface area contributed by atoms with Crippen molar-refractivity contribution >= 4 is 10.0 Å². The molecule has 1 aliphatic heterocycles. The summed E-state index contributed by atoms with van der Waals surface area (Å²) in [4.78, 5) is -0.348. The lowest BCUT2D eigenvalue weighted by Crippen LogP contribution is -2.53. The fraction of sp³-hybridized carbons (Fsp3) is 0.455. The van der Waals surface area contributed by atoms with Crippen LogP contribution in [0.3, 0.4) is 0 Å². The third-order valence-corrected chi connectivity index (χ3v) is 4.71. The molecule has 0 aliphatic carbocycles. The van der Waals surface area contributed by atoms with Crippen molar-refractivity contribution in [1.29, 1.82) is 0 Å². The SMILES string of the molecule is O=S(=O)(c1ccccc1)N(CC1CNC1)C(F)(F)F. The molecule has 0 atom stereocenters. The predicted molar refractivity (Wildman–Crippen MR) is 62.7 cm³/mol. The van der Waals surface area contributed by atoms with E-state index in [2.05, 4.69) is 5.32 Å². The Balaban J connectivity index is 2.31. The van der Waals surface area contributed by atoms with Gasteiger partial charge in [0, 0.05) is 19.6 Å². The quantitative estimate of drug-likeness (QED) is 0.854. The van der Waals surface area contributed by atoms with Crippen molar-refractivity contribution < 1.29 is 21.6 Å². The Kier molecular flexibility index (Phi) is 3.84. The zero-order valence-electron chi connectivity index (χ0n) is 9.89. The van der Waals surface area contributed by atoms with Crippen molar-refractivity contribution in [2.24, 2.45) is 5.92 Å². The van der Waals surface area contributed by atoms with Crippen molar-refractivity contribution in [3.63, 3.8) is 0 Å². The average Bonchev–Trinajstić information content (AvgIpc) is 2.26. The lowest BCUT2D eigenvalue weighted by molar-refractivity contribution is -0.213. The molecule has 0 bridgehead atoms. The molecule has 1 saturated heterocycles. The molecule has 1 heterocycles. The maximum Gasteiger partial charge on any atom is 0.473 e. The smallest absolute Gasteiger partial charge is 0.316 e. The van der Waals surface area contributed by atoms with Gasteiger partial charge in [0.2, 0.25) is 10.0 Å². The van der Waals surface area contributed by atoms with Crippen LogP contribution in [-0.4, -0.2) is 38.7 Å². The number of rotatable bonds is 4. The van der Waals surface area contributed by atoms with E-state index in [0.29, 0.717) is 13.1 Å². The third-order valence-electron chi connectivity index (χ3n) is 2.90. The monoisotopic (exact) mass is 294 g/mol. The molecule has 0 radical (unpaired) electrons. The van der Waals surface area contributed by atoms with Crippen LogP contribution in [-0.2, 0) is 10.0 Å². The molecular formula is C11H13F3N2O2S. The van der Waals surface area contributed by atoms with Crippen molar-refractivity contribution in [2.75, 3.05) is 19.6 Å². The van der Waals surface area contributed by atoms with E-state index in [4.69, 9.17) is 0 Å². The highest BCUT2D eigenvalue weighted by Crippen LogP contribution is 2.30. The van der Waals surface area contributed by atoms with Crippen molar-refractivity contribution in [1.82, 2.24) is 9.62 Å². The molecule has 4 nitrogen and oxygen atoms in total. The summed E-state index contributed by atoms with van der Waals surface area (Å²) in [7, 11) is -4.55. The third kappa shape index (κ3) is 3.07. The molecule has 1 aromatic rings. The van der Waals surface area contributed by atoms with Gasteiger partial charge in [-0.1, -0.05) is 18.2 Å². The molecule has 1 aromatic carbocycles. The minimum absolute atomic E-state index is 0.305. The highest BCUT2D eigenvalue weighted by molar-refractivity contribution is 7.89. The number of halogens is 3. The molecule has 1 aliphatic rings. The molecule has 0 aromatic heterocycles. The number of benzene rings is 1. The largest absolute Gasteiger partial charge is 0.473 e. The Morgan fingerprint density at radius 1 is 1.21 bits per heavy atom. The minimum atomic E-state index is -4.91. The van der Waals surface area contributed by atoms with Crippen LogP contribution in [0.1, 0.15) is 0 Å². The van der Waals surface area contributed by atoms with E-state index in [0.717, 1.165) is 12.1 Å². The Morgan fingerprint density at radius 2 is 1.79 bits per heavy atom. The van der Waals surface area contributed by atoms with Crippen LogP contribution < -0.4 is 5.32 Å². The molecule has 0 amide bonds. The van der Waals surface area contributed by atoms with Crippen molar-refractivity contribution in [3.05, 3.63) is 30.3 Å². The van der Waals surface area contributed by atoms with Gasteiger partial charge in [0.05, 0.1) is 4.90 Å². The minimum Gasteiger partial charge on any atom is -0.316 e. The van der Waals surface area contributed by atoms with Gasteiger partial charge in [0.15, 0.2) is 0 Å². The molecule has 106 valence electrons. The van der Waals surface area contributed by atoms with Crippen LogP contribution in [0.25, 0.3) is 0 Å². The highest BCUT2D eigenvalue weighted by Gasteiger charge is 2.47. The van der Waals surface area contributed by atoms with Gasteiger partial charge in [-0.05, 0) is 18.1 Å². The second kappa shape index (κ2) is 5.10. The maximum atomic E-state index is 12.9. The highest BCUT2D eigenvalue weighted by atomic mass is 32.2. The molecule has 8 heteroatoms. The lowest BCUT2D eigenvalue weighted by Gasteiger charge is -2.33. The fourth-order valence-electron chi connectivity index (χ4n) is 1.77. The van der Waals surface area contributed by atoms with E-state index >= 15 is 0 Å². The second-order valence-corrected chi connectivity index (χ2v) is 6.20.